The van der Waals surface area contributed by atoms with Crippen molar-refractivity contribution in [2.45, 2.75) is 13.5 Å². The summed E-state index contributed by atoms with van der Waals surface area (Å²) < 4.78 is 7.29. The Morgan fingerprint density at radius 3 is 2.62 bits per heavy atom. The van der Waals surface area contributed by atoms with Gasteiger partial charge in [0.15, 0.2) is 0 Å². The number of aryl methyl sites for hydroxylation is 1. The van der Waals surface area contributed by atoms with Gasteiger partial charge in [-0.25, -0.2) is 9.97 Å². The zero-order valence-corrected chi connectivity index (χ0v) is 16.3. The van der Waals surface area contributed by atoms with E-state index < -0.39 is 0 Å². The number of hydrogen-bond donors (Lipinski definition) is 2. The average Bonchev–Trinajstić information content (AvgIpc) is 2.58. The molecule has 0 atom stereocenters. The van der Waals surface area contributed by atoms with E-state index >= 15 is 0 Å². The Kier molecular flexibility index (Phi) is 5.03. The first kappa shape index (κ1) is 17.1. The topological polar surface area (TPSA) is 67.3 Å². The number of aliphatic hydroxyl groups excluding tert-OH is 1. The first-order valence-corrected chi connectivity index (χ1v) is 8.77. The monoisotopic (exact) mass is 451 g/mol. The molecule has 0 radical (unpaired) electrons. The van der Waals surface area contributed by atoms with Crippen LogP contribution in [0.15, 0.2) is 39.5 Å². The quantitative estimate of drug-likeness (QED) is 0.600. The molecule has 0 aliphatic heterocycles. The average molecular weight is 453 g/mol. The number of nitrogens with one attached hydrogen (secondary N) is 1. The van der Waals surface area contributed by atoms with Crippen LogP contribution >= 0.6 is 31.9 Å². The maximum Gasteiger partial charge on any atom is 0.141 e. The second kappa shape index (κ2) is 7.04. The van der Waals surface area contributed by atoms with E-state index in [9.17, 15) is 5.11 Å². The number of halogens is 2. The standard InChI is InChI=1S/C17H15Br2N3O2/c1-9-3-13(19)15(6-12(9)18)22-17-11-5-16(24-2)10(7-23)4-14(11)20-8-21-17/h3-6,8,23H,7H2,1-2H3,(H,20,21,22). The predicted molar refractivity (Wildman–Crippen MR) is 102 cm³/mol. The van der Waals surface area contributed by atoms with Gasteiger partial charge in [-0.3, -0.25) is 0 Å². The maximum atomic E-state index is 9.46. The molecule has 0 aliphatic carbocycles. The van der Waals surface area contributed by atoms with Crippen LogP contribution in [0.1, 0.15) is 11.1 Å². The molecule has 5 nitrogen and oxygen atoms in total. The van der Waals surface area contributed by atoms with Crippen molar-refractivity contribution in [3.63, 3.8) is 0 Å². The van der Waals surface area contributed by atoms with Gasteiger partial charge < -0.3 is 15.2 Å². The molecule has 0 saturated heterocycles. The van der Waals surface area contributed by atoms with Crippen LogP contribution in [0.4, 0.5) is 11.5 Å². The molecule has 24 heavy (non-hydrogen) atoms. The van der Waals surface area contributed by atoms with E-state index in [4.69, 9.17) is 4.74 Å². The number of rotatable bonds is 4. The largest absolute Gasteiger partial charge is 0.496 e. The van der Waals surface area contributed by atoms with E-state index in [1.807, 2.05) is 25.1 Å². The highest BCUT2D eigenvalue weighted by Crippen LogP contribution is 2.34. The summed E-state index contributed by atoms with van der Waals surface area (Å²) in [6.45, 7) is 1.92. The molecule has 0 saturated carbocycles. The lowest BCUT2D eigenvalue weighted by atomic mass is 10.1. The number of ether oxygens (including phenoxy) is 1. The molecule has 7 heteroatoms. The van der Waals surface area contributed by atoms with Gasteiger partial charge in [0.1, 0.15) is 17.9 Å². The Morgan fingerprint density at radius 1 is 1.12 bits per heavy atom. The minimum absolute atomic E-state index is 0.109. The fourth-order valence-electron chi connectivity index (χ4n) is 2.41. The SMILES string of the molecule is COc1cc2c(Nc3cc(Br)c(C)cc3Br)ncnc2cc1CO. The van der Waals surface area contributed by atoms with E-state index in [0.717, 1.165) is 31.1 Å². The van der Waals surface area contributed by atoms with Crippen molar-refractivity contribution in [1.29, 1.82) is 0 Å². The van der Waals surface area contributed by atoms with Crippen LogP contribution < -0.4 is 10.1 Å². The van der Waals surface area contributed by atoms with Crippen LogP contribution in [-0.2, 0) is 6.61 Å². The number of methoxy groups -OCH3 is 1. The van der Waals surface area contributed by atoms with Gasteiger partial charge in [0.2, 0.25) is 0 Å². The molecule has 0 unspecified atom stereocenters. The van der Waals surface area contributed by atoms with Crippen molar-refractivity contribution in [3.8, 4) is 5.75 Å². The van der Waals surface area contributed by atoms with Gasteiger partial charge in [-0.15, -0.1) is 0 Å². The molecule has 2 N–H and O–H groups in total. The molecule has 0 aliphatic rings. The summed E-state index contributed by atoms with van der Waals surface area (Å²) in [7, 11) is 1.57. The van der Waals surface area contributed by atoms with E-state index in [-0.39, 0.29) is 6.61 Å². The first-order valence-electron chi connectivity index (χ1n) is 7.18. The summed E-state index contributed by atoms with van der Waals surface area (Å²) in [5.41, 5.74) is 3.44. The number of aliphatic hydroxyl groups is 1. The predicted octanol–water partition coefficient (Wildman–Crippen LogP) is 4.71. The van der Waals surface area contributed by atoms with Gasteiger partial charge >= 0.3 is 0 Å². The Hall–Kier alpha value is -1.70. The smallest absolute Gasteiger partial charge is 0.141 e. The molecule has 2 aromatic carbocycles. The first-order chi connectivity index (χ1) is 11.5. The normalized spacial score (nSPS) is 10.9. The van der Waals surface area contributed by atoms with Crippen LogP contribution in [0, 0.1) is 6.92 Å². The van der Waals surface area contributed by atoms with E-state index in [1.54, 1.807) is 13.2 Å². The number of hydrogen-bond acceptors (Lipinski definition) is 5. The van der Waals surface area contributed by atoms with Crippen molar-refractivity contribution >= 4 is 54.3 Å². The maximum absolute atomic E-state index is 9.46. The van der Waals surface area contributed by atoms with Crippen molar-refractivity contribution in [2.75, 3.05) is 12.4 Å². The van der Waals surface area contributed by atoms with Crippen molar-refractivity contribution < 1.29 is 9.84 Å². The van der Waals surface area contributed by atoms with Crippen LogP contribution in [0.2, 0.25) is 0 Å². The second-order valence-electron chi connectivity index (χ2n) is 5.27. The van der Waals surface area contributed by atoms with Gasteiger partial charge in [0.25, 0.3) is 0 Å². The third kappa shape index (κ3) is 3.24. The van der Waals surface area contributed by atoms with E-state index in [1.165, 1.54) is 6.33 Å². The fourth-order valence-corrected chi connectivity index (χ4v) is 3.31. The summed E-state index contributed by atoms with van der Waals surface area (Å²) in [5, 5.41) is 13.6. The molecular weight excluding hydrogens is 438 g/mol. The highest BCUT2D eigenvalue weighted by atomic mass is 79.9. The third-order valence-corrected chi connectivity index (χ3v) is 5.22. The molecule has 0 amide bonds. The Morgan fingerprint density at radius 2 is 1.92 bits per heavy atom. The van der Waals surface area contributed by atoms with Gasteiger partial charge in [0.05, 0.1) is 24.9 Å². The highest BCUT2D eigenvalue weighted by molar-refractivity contribution is 9.11. The lowest BCUT2D eigenvalue weighted by Crippen LogP contribution is -1.99. The van der Waals surface area contributed by atoms with Crippen LogP contribution in [0.3, 0.4) is 0 Å². The number of aromatic nitrogens is 2. The summed E-state index contributed by atoms with van der Waals surface area (Å²) in [4.78, 5) is 8.63. The minimum atomic E-state index is -0.109. The van der Waals surface area contributed by atoms with Crippen molar-refractivity contribution in [3.05, 3.63) is 50.7 Å². The lowest BCUT2D eigenvalue weighted by Gasteiger charge is -2.13. The van der Waals surface area contributed by atoms with Gasteiger partial charge in [0, 0.05) is 19.9 Å². The summed E-state index contributed by atoms with van der Waals surface area (Å²) in [5.74, 6) is 1.27. The highest BCUT2D eigenvalue weighted by Gasteiger charge is 2.12. The Bertz CT molecular complexity index is 916. The Labute approximate surface area is 156 Å². The zero-order chi connectivity index (χ0) is 17.3. The molecule has 3 rings (SSSR count). The molecule has 3 aromatic rings. The van der Waals surface area contributed by atoms with Crippen LogP contribution in [0.25, 0.3) is 10.9 Å². The Balaban J connectivity index is 2.11. The summed E-state index contributed by atoms with van der Waals surface area (Å²) in [6.07, 6.45) is 1.50. The zero-order valence-electron chi connectivity index (χ0n) is 13.1. The molecule has 0 spiro atoms. The van der Waals surface area contributed by atoms with E-state index in [2.05, 4.69) is 47.1 Å². The molecule has 1 aromatic heterocycles. The number of fused-ring (bicyclic) bond motifs is 1. The number of nitrogens with zero attached hydrogens (tertiary/aromatic N) is 2. The number of anilines is 2. The molecule has 1 heterocycles. The second-order valence-corrected chi connectivity index (χ2v) is 6.98. The van der Waals surface area contributed by atoms with Crippen LogP contribution in [-0.4, -0.2) is 22.2 Å². The van der Waals surface area contributed by atoms with Crippen molar-refractivity contribution in [1.82, 2.24) is 9.97 Å². The third-order valence-electron chi connectivity index (χ3n) is 3.71. The fraction of sp³-hybridized carbons (Fsp3) is 0.176. The molecule has 0 fully saturated rings. The van der Waals surface area contributed by atoms with Gasteiger partial charge in [-0.2, -0.15) is 0 Å². The lowest BCUT2D eigenvalue weighted by molar-refractivity contribution is 0.274. The number of benzene rings is 2. The van der Waals surface area contributed by atoms with Gasteiger partial charge in [-0.05, 0) is 52.7 Å². The van der Waals surface area contributed by atoms with Gasteiger partial charge in [-0.1, -0.05) is 15.9 Å². The van der Waals surface area contributed by atoms with E-state index in [0.29, 0.717) is 17.1 Å². The molecule has 0 bridgehead atoms. The van der Waals surface area contributed by atoms with Crippen molar-refractivity contribution in [2.24, 2.45) is 0 Å². The minimum Gasteiger partial charge on any atom is -0.496 e. The summed E-state index contributed by atoms with van der Waals surface area (Å²) in [6, 6.07) is 7.66. The summed E-state index contributed by atoms with van der Waals surface area (Å²) >= 11 is 7.11. The van der Waals surface area contributed by atoms with Crippen LogP contribution in [0.5, 0.6) is 5.75 Å². The molecular formula is C17H15Br2N3O2. The molecule has 124 valence electrons.